The number of nitrogens with zero attached hydrogens (tertiary/aromatic N) is 1. The van der Waals surface area contributed by atoms with Crippen LogP contribution in [0.5, 0.6) is 5.75 Å². The Morgan fingerprint density at radius 3 is 2.35 bits per heavy atom. The maximum Gasteiger partial charge on any atom is 0.407 e. The fourth-order valence-electron chi connectivity index (χ4n) is 7.05. The number of anilines is 1. The van der Waals surface area contributed by atoms with E-state index in [1.807, 2.05) is 24.3 Å². The zero-order chi connectivity index (χ0) is 35.3. The van der Waals surface area contributed by atoms with Gasteiger partial charge < -0.3 is 34.7 Å². The number of rotatable bonds is 10. The van der Waals surface area contributed by atoms with Gasteiger partial charge in [0.1, 0.15) is 29.8 Å². The van der Waals surface area contributed by atoms with E-state index in [1.165, 1.54) is 0 Å². The molecule has 5 rings (SSSR count). The molecule has 264 valence electrons. The van der Waals surface area contributed by atoms with E-state index in [-0.39, 0.29) is 36.2 Å². The lowest BCUT2D eigenvalue weighted by Gasteiger charge is -2.36. The number of hydrogen-bond donors (Lipinski definition) is 3. The van der Waals surface area contributed by atoms with Crippen LogP contribution >= 0.6 is 0 Å². The van der Waals surface area contributed by atoms with Gasteiger partial charge in [0.15, 0.2) is 0 Å². The van der Waals surface area contributed by atoms with E-state index in [4.69, 9.17) is 14.2 Å². The number of carbonyl (C=O) groups is 4. The summed E-state index contributed by atoms with van der Waals surface area (Å²) in [5, 5.41) is 6.44. The molecule has 1 aliphatic carbocycles. The molecule has 2 aliphatic rings. The van der Waals surface area contributed by atoms with Crippen molar-refractivity contribution in [2.75, 3.05) is 32.3 Å². The summed E-state index contributed by atoms with van der Waals surface area (Å²) in [6.07, 6.45) is 2.14. The molecule has 11 nitrogen and oxygen atoms in total. The Balaban J connectivity index is 1.31. The van der Waals surface area contributed by atoms with Crippen molar-refractivity contribution in [3.05, 3.63) is 59.8 Å². The van der Waals surface area contributed by atoms with Gasteiger partial charge >= 0.3 is 12.1 Å². The first-order valence-corrected chi connectivity index (χ1v) is 17.0. The molecule has 2 aromatic carbocycles. The van der Waals surface area contributed by atoms with Crippen molar-refractivity contribution in [3.8, 4) is 5.75 Å². The number of methoxy groups -OCH3 is 1. The van der Waals surface area contributed by atoms with Gasteiger partial charge in [-0.3, -0.25) is 9.59 Å². The minimum absolute atomic E-state index is 0.0910. The van der Waals surface area contributed by atoms with Gasteiger partial charge in [0, 0.05) is 35.0 Å². The van der Waals surface area contributed by atoms with Crippen LogP contribution in [0.25, 0.3) is 10.9 Å². The summed E-state index contributed by atoms with van der Waals surface area (Å²) in [6.45, 7) is 6.95. The predicted octanol–water partition coefficient (Wildman–Crippen LogP) is 6.35. The van der Waals surface area contributed by atoms with Crippen molar-refractivity contribution in [1.82, 2.24) is 15.2 Å². The van der Waals surface area contributed by atoms with Gasteiger partial charge in [-0.2, -0.15) is 0 Å². The summed E-state index contributed by atoms with van der Waals surface area (Å²) in [5.74, 6) is -0.847. The molecule has 3 amide bonds. The number of benzene rings is 2. The predicted molar refractivity (Wildman–Crippen MR) is 183 cm³/mol. The Morgan fingerprint density at radius 1 is 1.00 bits per heavy atom. The highest BCUT2D eigenvalue weighted by Gasteiger charge is 2.45. The van der Waals surface area contributed by atoms with Crippen molar-refractivity contribution in [2.24, 2.45) is 11.8 Å². The molecule has 2 fully saturated rings. The first kappa shape index (κ1) is 35.7. The van der Waals surface area contributed by atoms with Crippen molar-refractivity contribution < 1.29 is 37.8 Å². The van der Waals surface area contributed by atoms with E-state index in [1.54, 1.807) is 64.0 Å². The summed E-state index contributed by atoms with van der Waals surface area (Å²) in [6, 6.07) is 13.1. The highest BCUT2D eigenvalue weighted by Crippen LogP contribution is 2.39. The standard InChI is InChI=1S/C37H47FN4O7/c1-6-48-35(45)30-20-25-19-26(13-16-29(25)40-30)39-33(43)32-28(22-11-14-27(47-5)15-12-22)17-18-42(32)34(44)24-9-7-23(8-10-24)31(21-38)41-36(46)49-37(2,3)4/h11-16,19-20,23-24,28,31-32,40H,6-10,17-18,21H2,1-5H3,(H,39,43)(H,41,46)/t23?,24?,28-,31-,32-/m1/s1. The molecule has 2 heterocycles. The topological polar surface area (TPSA) is 139 Å². The molecule has 1 saturated heterocycles. The number of alkyl halides is 1. The molecule has 3 aromatic rings. The Morgan fingerprint density at radius 2 is 1.71 bits per heavy atom. The molecule has 1 aliphatic heterocycles. The number of ether oxygens (including phenoxy) is 3. The average molecular weight is 679 g/mol. The number of fused-ring (bicyclic) bond motifs is 1. The van der Waals surface area contributed by atoms with Gasteiger partial charge in [0.2, 0.25) is 11.8 Å². The third kappa shape index (κ3) is 8.52. The van der Waals surface area contributed by atoms with E-state index < -0.39 is 36.4 Å². The third-order valence-electron chi connectivity index (χ3n) is 9.44. The zero-order valence-electron chi connectivity index (χ0n) is 28.8. The summed E-state index contributed by atoms with van der Waals surface area (Å²) in [5.41, 5.74) is 1.82. The lowest BCUT2D eigenvalue weighted by molar-refractivity contribution is -0.141. The smallest absolute Gasteiger partial charge is 0.407 e. The van der Waals surface area contributed by atoms with Gasteiger partial charge in [0.05, 0.1) is 19.8 Å². The van der Waals surface area contributed by atoms with E-state index in [9.17, 15) is 23.6 Å². The van der Waals surface area contributed by atoms with E-state index in [2.05, 4.69) is 15.6 Å². The van der Waals surface area contributed by atoms with Gasteiger partial charge in [-0.15, -0.1) is 0 Å². The SMILES string of the molecule is CCOC(=O)c1cc2cc(NC(=O)[C@H]3[C@@H](c4ccc(OC)cc4)CCN3C(=O)C3CCC([C@@H](CF)NC(=O)OC(C)(C)C)CC3)ccc2[nH]1. The molecule has 12 heteroatoms. The van der Waals surface area contributed by atoms with Gasteiger partial charge in [-0.25, -0.2) is 14.0 Å². The molecule has 0 unspecified atom stereocenters. The molecule has 3 atom stereocenters. The van der Waals surface area contributed by atoms with E-state index in [0.29, 0.717) is 55.8 Å². The van der Waals surface area contributed by atoms with E-state index in [0.717, 1.165) is 16.5 Å². The number of H-pyrrole nitrogens is 1. The number of aromatic amines is 1. The quantitative estimate of drug-likeness (QED) is 0.213. The second-order valence-electron chi connectivity index (χ2n) is 13.9. The maximum absolute atomic E-state index is 14.1. The van der Waals surface area contributed by atoms with Gasteiger partial charge in [0.25, 0.3) is 0 Å². The summed E-state index contributed by atoms with van der Waals surface area (Å²) < 4.78 is 29.8. The summed E-state index contributed by atoms with van der Waals surface area (Å²) in [4.78, 5) is 57.6. The summed E-state index contributed by atoms with van der Waals surface area (Å²) >= 11 is 0. The zero-order valence-corrected chi connectivity index (χ0v) is 28.8. The largest absolute Gasteiger partial charge is 0.497 e. The molecule has 0 spiro atoms. The molecule has 0 radical (unpaired) electrons. The number of halogens is 1. The number of alkyl carbamates (subject to hydrolysis) is 1. The average Bonchev–Trinajstić information content (AvgIpc) is 3.71. The fraction of sp³-hybridized carbons (Fsp3) is 0.514. The van der Waals surface area contributed by atoms with Crippen LogP contribution in [0.2, 0.25) is 0 Å². The number of carbonyl (C=O) groups excluding carboxylic acids is 4. The normalized spacial score (nSPS) is 21.6. The third-order valence-corrected chi connectivity index (χ3v) is 9.44. The van der Waals surface area contributed by atoms with Crippen molar-refractivity contribution in [1.29, 1.82) is 0 Å². The second kappa shape index (κ2) is 15.3. The first-order valence-electron chi connectivity index (χ1n) is 17.0. The van der Waals surface area contributed by atoms with Crippen LogP contribution < -0.4 is 15.4 Å². The van der Waals surface area contributed by atoms with E-state index >= 15 is 0 Å². The summed E-state index contributed by atoms with van der Waals surface area (Å²) in [7, 11) is 1.59. The number of amides is 3. The minimum atomic E-state index is -0.761. The van der Waals surface area contributed by atoms with Crippen LogP contribution in [0.15, 0.2) is 48.5 Å². The van der Waals surface area contributed by atoms with Crippen LogP contribution in [0.1, 0.15) is 81.8 Å². The second-order valence-corrected chi connectivity index (χ2v) is 13.9. The molecular formula is C37H47FN4O7. The molecule has 0 bridgehead atoms. The molecular weight excluding hydrogens is 631 g/mol. The molecule has 49 heavy (non-hydrogen) atoms. The van der Waals surface area contributed by atoms with Crippen LogP contribution in [0.4, 0.5) is 14.9 Å². The first-order chi connectivity index (χ1) is 23.4. The maximum atomic E-state index is 14.1. The van der Waals surface area contributed by atoms with Crippen LogP contribution in [-0.4, -0.2) is 78.4 Å². The number of esters is 1. The van der Waals surface area contributed by atoms with Crippen molar-refractivity contribution >= 4 is 40.5 Å². The Kier molecular flexibility index (Phi) is 11.1. The highest BCUT2D eigenvalue weighted by atomic mass is 19.1. The number of likely N-dealkylation sites (tertiary alicyclic amines) is 1. The monoisotopic (exact) mass is 678 g/mol. The van der Waals surface area contributed by atoms with Crippen LogP contribution in [0.3, 0.4) is 0 Å². The Bertz CT molecular complexity index is 1640. The number of hydrogen-bond acceptors (Lipinski definition) is 7. The van der Waals surface area contributed by atoms with Crippen LogP contribution in [-0.2, 0) is 19.1 Å². The Hall–Kier alpha value is -4.61. The molecule has 3 N–H and O–H groups in total. The van der Waals surface area contributed by atoms with Crippen LogP contribution in [0, 0.1) is 11.8 Å². The highest BCUT2D eigenvalue weighted by molar-refractivity contribution is 6.01. The molecule has 1 saturated carbocycles. The molecule has 1 aromatic heterocycles. The fourth-order valence-corrected chi connectivity index (χ4v) is 7.05. The number of aromatic nitrogens is 1. The lowest BCUT2D eigenvalue weighted by Crippen LogP contribution is -2.49. The lowest BCUT2D eigenvalue weighted by atomic mass is 9.78. The van der Waals surface area contributed by atoms with Crippen molar-refractivity contribution in [3.63, 3.8) is 0 Å². The minimum Gasteiger partial charge on any atom is -0.497 e. The van der Waals surface area contributed by atoms with Crippen molar-refractivity contribution in [2.45, 2.75) is 83.4 Å². The van der Waals surface area contributed by atoms with Gasteiger partial charge in [-0.1, -0.05) is 12.1 Å². The Labute approximate surface area is 286 Å². The number of nitrogens with one attached hydrogen (secondary N) is 3. The van der Waals surface area contributed by atoms with Gasteiger partial charge in [-0.05, 0) is 108 Å².